The average Bonchev–Trinajstić information content (AvgIpc) is 2.61. The van der Waals surface area contributed by atoms with Gasteiger partial charge in [-0.15, -0.1) is 0 Å². The maximum atomic E-state index is 12.6. The predicted molar refractivity (Wildman–Crippen MR) is 69.5 cm³/mol. The van der Waals surface area contributed by atoms with Gasteiger partial charge in [-0.1, -0.05) is 27.2 Å². The molecule has 2 fully saturated rings. The van der Waals surface area contributed by atoms with Gasteiger partial charge in [0.1, 0.15) is 0 Å². The summed E-state index contributed by atoms with van der Waals surface area (Å²) in [5.74, 6) is 1.06. The molecule has 98 valence electrons. The molecule has 1 aliphatic heterocycles. The Balaban J connectivity index is 2.01. The number of nitrogens with zero attached hydrogens (tertiary/aromatic N) is 1. The minimum absolute atomic E-state index is 0.194. The zero-order valence-corrected chi connectivity index (χ0v) is 11.4. The van der Waals surface area contributed by atoms with Gasteiger partial charge in [-0.3, -0.25) is 4.79 Å². The molecule has 17 heavy (non-hydrogen) atoms. The zero-order valence-electron chi connectivity index (χ0n) is 11.4. The predicted octanol–water partition coefficient (Wildman–Crippen LogP) is 2.01. The summed E-state index contributed by atoms with van der Waals surface area (Å²) in [5.41, 5.74) is 6.20. The van der Waals surface area contributed by atoms with Crippen molar-refractivity contribution in [3.05, 3.63) is 0 Å². The van der Waals surface area contributed by atoms with Crippen molar-refractivity contribution >= 4 is 5.91 Å². The molecule has 2 rings (SSSR count). The maximum absolute atomic E-state index is 12.6. The van der Waals surface area contributed by atoms with E-state index in [1.54, 1.807) is 0 Å². The third kappa shape index (κ3) is 2.49. The largest absolute Gasteiger partial charge is 0.342 e. The van der Waals surface area contributed by atoms with E-state index < -0.39 is 0 Å². The quantitative estimate of drug-likeness (QED) is 0.759. The normalized spacial score (nSPS) is 37.2. The van der Waals surface area contributed by atoms with Gasteiger partial charge in [0.25, 0.3) is 0 Å². The van der Waals surface area contributed by atoms with Gasteiger partial charge in [-0.25, -0.2) is 0 Å². The molecule has 2 N–H and O–H groups in total. The Morgan fingerprint density at radius 3 is 2.59 bits per heavy atom. The van der Waals surface area contributed by atoms with Gasteiger partial charge in [0.2, 0.25) is 5.91 Å². The van der Waals surface area contributed by atoms with E-state index in [1.165, 1.54) is 12.8 Å². The molecular weight excluding hydrogens is 212 g/mol. The zero-order chi connectivity index (χ0) is 12.6. The highest BCUT2D eigenvalue weighted by Gasteiger charge is 2.42. The number of hydrogen-bond donors (Lipinski definition) is 1. The lowest BCUT2D eigenvalue weighted by atomic mass is 9.80. The number of nitrogens with two attached hydrogens (primary N) is 1. The van der Waals surface area contributed by atoms with Crippen molar-refractivity contribution < 1.29 is 4.79 Å². The first-order valence-corrected chi connectivity index (χ1v) is 6.96. The fourth-order valence-corrected chi connectivity index (χ4v) is 3.37. The smallest absolute Gasteiger partial charge is 0.226 e. The lowest BCUT2D eigenvalue weighted by molar-refractivity contribution is -0.140. The number of carbonyl (C=O) groups is 1. The van der Waals surface area contributed by atoms with Crippen molar-refractivity contribution in [3.8, 4) is 0 Å². The van der Waals surface area contributed by atoms with Crippen LogP contribution >= 0.6 is 0 Å². The van der Waals surface area contributed by atoms with Crippen LogP contribution < -0.4 is 5.73 Å². The van der Waals surface area contributed by atoms with Crippen LogP contribution in [0.25, 0.3) is 0 Å². The van der Waals surface area contributed by atoms with E-state index in [1.807, 2.05) is 0 Å². The fraction of sp³-hybridized carbons (Fsp3) is 0.929. The lowest BCUT2D eigenvalue weighted by Crippen LogP contribution is -2.50. The summed E-state index contributed by atoms with van der Waals surface area (Å²) in [6.45, 7) is 8.34. The average molecular weight is 238 g/mol. The highest BCUT2D eigenvalue weighted by atomic mass is 16.2. The topological polar surface area (TPSA) is 46.3 Å². The molecule has 0 aromatic carbocycles. The van der Waals surface area contributed by atoms with Crippen LogP contribution in [0.5, 0.6) is 0 Å². The molecule has 0 aromatic rings. The number of likely N-dealkylation sites (tertiary alicyclic amines) is 1. The molecule has 1 amide bonds. The molecule has 2 aliphatic rings. The Bertz CT molecular complexity index is 301. The van der Waals surface area contributed by atoms with Gasteiger partial charge in [-0.2, -0.15) is 0 Å². The van der Waals surface area contributed by atoms with E-state index in [-0.39, 0.29) is 17.4 Å². The fourth-order valence-electron chi connectivity index (χ4n) is 3.37. The van der Waals surface area contributed by atoms with E-state index in [9.17, 15) is 4.79 Å². The summed E-state index contributed by atoms with van der Waals surface area (Å²) < 4.78 is 0. The monoisotopic (exact) mass is 238 g/mol. The standard InChI is InChI=1S/C14H26N2O/c1-10-9-16(8-6-12(10)15)13(17)11-5-4-7-14(11,2)3/h10-12H,4-9,15H2,1-3H3. The molecule has 3 nitrogen and oxygen atoms in total. The maximum Gasteiger partial charge on any atom is 0.226 e. The first-order valence-electron chi connectivity index (χ1n) is 6.96. The Labute approximate surface area is 105 Å². The molecule has 0 spiro atoms. The van der Waals surface area contributed by atoms with Gasteiger partial charge in [0.15, 0.2) is 0 Å². The van der Waals surface area contributed by atoms with Gasteiger partial charge < -0.3 is 10.6 Å². The van der Waals surface area contributed by atoms with Crippen LogP contribution in [0.1, 0.15) is 46.5 Å². The summed E-state index contributed by atoms with van der Waals surface area (Å²) in [7, 11) is 0. The third-order valence-electron chi connectivity index (χ3n) is 4.84. The Kier molecular flexibility index (Phi) is 3.48. The van der Waals surface area contributed by atoms with E-state index >= 15 is 0 Å². The van der Waals surface area contributed by atoms with Gasteiger partial charge >= 0.3 is 0 Å². The van der Waals surface area contributed by atoms with Gasteiger partial charge in [0, 0.05) is 25.0 Å². The highest BCUT2D eigenvalue weighted by Crippen LogP contribution is 2.43. The van der Waals surface area contributed by atoms with Crippen molar-refractivity contribution in [3.63, 3.8) is 0 Å². The van der Waals surface area contributed by atoms with Crippen molar-refractivity contribution in [1.29, 1.82) is 0 Å². The van der Waals surface area contributed by atoms with Crippen LogP contribution in [0, 0.1) is 17.3 Å². The summed E-state index contributed by atoms with van der Waals surface area (Å²) in [4.78, 5) is 14.6. The molecule has 3 atom stereocenters. The van der Waals surface area contributed by atoms with Crippen LogP contribution in [0.15, 0.2) is 0 Å². The first kappa shape index (κ1) is 12.9. The molecule has 1 saturated carbocycles. The van der Waals surface area contributed by atoms with Crippen molar-refractivity contribution in [2.75, 3.05) is 13.1 Å². The van der Waals surface area contributed by atoms with E-state index in [0.717, 1.165) is 25.9 Å². The molecule has 3 unspecified atom stereocenters. The molecule has 0 bridgehead atoms. The van der Waals surface area contributed by atoms with E-state index in [2.05, 4.69) is 25.7 Å². The SMILES string of the molecule is CC1CN(C(=O)C2CCCC2(C)C)CCC1N. The van der Waals surface area contributed by atoms with Crippen molar-refractivity contribution in [2.24, 2.45) is 23.0 Å². The lowest BCUT2D eigenvalue weighted by Gasteiger charge is -2.38. The summed E-state index contributed by atoms with van der Waals surface area (Å²) in [6.07, 6.45) is 4.42. The molecule has 1 heterocycles. The summed E-state index contributed by atoms with van der Waals surface area (Å²) >= 11 is 0. The molecule has 0 radical (unpaired) electrons. The number of rotatable bonds is 1. The summed E-state index contributed by atoms with van der Waals surface area (Å²) in [5, 5.41) is 0. The molecule has 0 aromatic heterocycles. The number of piperidine rings is 1. The second kappa shape index (κ2) is 4.60. The van der Waals surface area contributed by atoms with Crippen LogP contribution in [0.3, 0.4) is 0 Å². The second-order valence-electron chi connectivity index (χ2n) is 6.65. The number of carbonyl (C=O) groups excluding carboxylic acids is 1. The molecule has 1 saturated heterocycles. The van der Waals surface area contributed by atoms with Crippen LogP contribution in [-0.4, -0.2) is 29.9 Å². The van der Waals surface area contributed by atoms with Crippen LogP contribution in [-0.2, 0) is 4.79 Å². The van der Waals surface area contributed by atoms with Crippen LogP contribution in [0.2, 0.25) is 0 Å². The minimum Gasteiger partial charge on any atom is -0.342 e. The van der Waals surface area contributed by atoms with Gasteiger partial charge in [0.05, 0.1) is 0 Å². The molecule has 1 aliphatic carbocycles. The van der Waals surface area contributed by atoms with Crippen molar-refractivity contribution in [1.82, 2.24) is 4.90 Å². The Morgan fingerprint density at radius 2 is 2.06 bits per heavy atom. The highest BCUT2D eigenvalue weighted by molar-refractivity contribution is 5.80. The number of amides is 1. The summed E-state index contributed by atoms with van der Waals surface area (Å²) in [6, 6.07) is 0.274. The second-order valence-corrected chi connectivity index (χ2v) is 6.65. The van der Waals surface area contributed by atoms with E-state index in [4.69, 9.17) is 5.73 Å². The van der Waals surface area contributed by atoms with Gasteiger partial charge in [-0.05, 0) is 30.6 Å². The third-order valence-corrected chi connectivity index (χ3v) is 4.84. The first-order chi connectivity index (χ1) is 7.92. The Hall–Kier alpha value is -0.570. The number of hydrogen-bond acceptors (Lipinski definition) is 2. The van der Waals surface area contributed by atoms with Crippen molar-refractivity contribution in [2.45, 2.75) is 52.5 Å². The minimum atomic E-state index is 0.194. The Morgan fingerprint density at radius 1 is 1.35 bits per heavy atom. The van der Waals surface area contributed by atoms with E-state index in [0.29, 0.717) is 11.8 Å². The molecule has 3 heteroatoms. The van der Waals surface area contributed by atoms with Crippen LogP contribution in [0.4, 0.5) is 0 Å². The molecular formula is C14H26N2O.